The molecule has 32 heavy (non-hydrogen) atoms. The maximum atomic E-state index is 12.5. The lowest BCUT2D eigenvalue weighted by Crippen LogP contribution is -2.42. The van der Waals surface area contributed by atoms with E-state index in [0.29, 0.717) is 11.1 Å². The van der Waals surface area contributed by atoms with Crippen molar-refractivity contribution in [1.82, 2.24) is 10.3 Å². The summed E-state index contributed by atoms with van der Waals surface area (Å²) in [5, 5.41) is 18.9. The standard InChI is InChI=1S/C22H26N4O5S/c1-22(2,3)24-19(27)12-13-26(23-14-15-8-7-10-17(31-4)20(15)28)21-16-9-5-6-11-18(16)32(29,30)25-21/h5-11,14,28H,12-13H2,1-4H3,(H,24,27)/b23-14-. The summed E-state index contributed by atoms with van der Waals surface area (Å²) in [5.74, 6) is 0.0706. The van der Waals surface area contributed by atoms with Gasteiger partial charge in [0.1, 0.15) is 4.90 Å². The van der Waals surface area contributed by atoms with E-state index in [1.807, 2.05) is 20.8 Å². The first-order chi connectivity index (χ1) is 15.0. The number of ether oxygens (including phenoxy) is 1. The molecule has 2 N–H and O–H groups in total. The van der Waals surface area contributed by atoms with Crippen molar-refractivity contribution in [3.05, 3.63) is 53.6 Å². The Labute approximate surface area is 187 Å². The number of para-hydroxylation sites is 1. The number of nitrogens with zero attached hydrogens (tertiary/aromatic N) is 3. The van der Waals surface area contributed by atoms with E-state index in [1.54, 1.807) is 36.4 Å². The van der Waals surface area contributed by atoms with Crippen LogP contribution in [-0.2, 0) is 14.8 Å². The number of hydrogen-bond donors (Lipinski definition) is 2. The summed E-state index contributed by atoms with van der Waals surface area (Å²) >= 11 is 0. The third-order valence-electron chi connectivity index (χ3n) is 4.51. The van der Waals surface area contributed by atoms with Crippen molar-refractivity contribution in [2.24, 2.45) is 9.50 Å². The largest absolute Gasteiger partial charge is 0.504 e. The molecule has 0 bridgehead atoms. The van der Waals surface area contributed by atoms with Gasteiger partial charge in [0.25, 0.3) is 10.0 Å². The van der Waals surface area contributed by atoms with Gasteiger partial charge in [-0.2, -0.15) is 13.5 Å². The monoisotopic (exact) mass is 458 g/mol. The van der Waals surface area contributed by atoms with Crippen LogP contribution in [0.15, 0.2) is 56.9 Å². The molecule has 0 unspecified atom stereocenters. The second-order valence-electron chi connectivity index (χ2n) is 8.20. The second kappa shape index (κ2) is 8.99. The van der Waals surface area contributed by atoms with Crippen molar-refractivity contribution in [2.75, 3.05) is 13.7 Å². The van der Waals surface area contributed by atoms with E-state index in [1.165, 1.54) is 24.4 Å². The number of amidine groups is 1. The number of phenolic OH excluding ortho intramolecular Hbond substituents is 1. The number of methoxy groups -OCH3 is 1. The van der Waals surface area contributed by atoms with Gasteiger partial charge in [0.15, 0.2) is 17.3 Å². The van der Waals surface area contributed by atoms with Crippen molar-refractivity contribution in [3.63, 3.8) is 0 Å². The van der Waals surface area contributed by atoms with E-state index in [0.717, 1.165) is 0 Å². The molecular formula is C22H26N4O5S. The lowest BCUT2D eigenvalue weighted by Gasteiger charge is -2.22. The van der Waals surface area contributed by atoms with Crippen LogP contribution in [-0.4, -0.2) is 55.7 Å². The fraction of sp³-hybridized carbons (Fsp3) is 0.318. The number of nitrogens with one attached hydrogen (secondary N) is 1. The fourth-order valence-electron chi connectivity index (χ4n) is 3.12. The van der Waals surface area contributed by atoms with E-state index in [-0.39, 0.29) is 41.1 Å². The van der Waals surface area contributed by atoms with Crippen molar-refractivity contribution < 1.29 is 23.1 Å². The fourth-order valence-corrected chi connectivity index (χ4v) is 4.33. The van der Waals surface area contributed by atoms with Gasteiger partial charge in [0.2, 0.25) is 5.91 Å². The van der Waals surface area contributed by atoms with Crippen molar-refractivity contribution in [2.45, 2.75) is 37.6 Å². The molecule has 0 spiro atoms. The highest BCUT2D eigenvalue weighted by molar-refractivity contribution is 7.90. The molecule has 1 heterocycles. The van der Waals surface area contributed by atoms with Gasteiger partial charge in [-0.1, -0.05) is 18.2 Å². The third-order valence-corrected chi connectivity index (χ3v) is 5.83. The average Bonchev–Trinajstić information content (AvgIpc) is 2.99. The Balaban J connectivity index is 1.95. The number of amides is 1. The van der Waals surface area contributed by atoms with E-state index in [4.69, 9.17) is 4.74 Å². The van der Waals surface area contributed by atoms with E-state index < -0.39 is 15.6 Å². The van der Waals surface area contributed by atoms with Crippen LogP contribution in [0.5, 0.6) is 11.5 Å². The van der Waals surface area contributed by atoms with E-state index >= 15 is 0 Å². The SMILES string of the molecule is COc1cccc(/C=N\N(CCC(=O)NC(C)(C)C)C2=NS(=O)(=O)c3ccccc32)c1O. The Bertz CT molecular complexity index is 1180. The van der Waals surface area contributed by atoms with Crippen LogP contribution in [0.25, 0.3) is 0 Å². The molecule has 0 saturated heterocycles. The van der Waals surface area contributed by atoms with Gasteiger partial charge in [-0.25, -0.2) is 5.01 Å². The van der Waals surface area contributed by atoms with Gasteiger partial charge in [-0.15, -0.1) is 4.40 Å². The molecule has 9 nitrogen and oxygen atoms in total. The second-order valence-corrected chi connectivity index (χ2v) is 9.77. The number of hydrazone groups is 1. The topological polar surface area (TPSA) is 121 Å². The summed E-state index contributed by atoms with van der Waals surface area (Å²) in [6, 6.07) is 11.4. The van der Waals surface area contributed by atoms with Crippen molar-refractivity contribution in [1.29, 1.82) is 0 Å². The molecule has 0 radical (unpaired) electrons. The number of phenols is 1. The van der Waals surface area contributed by atoms with Crippen LogP contribution in [0.2, 0.25) is 0 Å². The maximum Gasteiger partial charge on any atom is 0.285 e. The molecule has 3 rings (SSSR count). The van der Waals surface area contributed by atoms with Crippen LogP contribution in [0.4, 0.5) is 0 Å². The molecule has 1 amide bonds. The minimum atomic E-state index is -3.87. The Morgan fingerprint density at radius 1 is 1.22 bits per heavy atom. The quantitative estimate of drug-likeness (QED) is 0.507. The maximum absolute atomic E-state index is 12.5. The molecule has 1 aliphatic heterocycles. The van der Waals surface area contributed by atoms with Crippen molar-refractivity contribution >= 4 is 28.0 Å². The molecule has 0 atom stereocenters. The summed E-state index contributed by atoms with van der Waals surface area (Å²) in [4.78, 5) is 12.4. The molecule has 0 aliphatic carbocycles. The minimum absolute atomic E-state index is 0.0555. The van der Waals surface area contributed by atoms with Crippen LogP contribution < -0.4 is 10.1 Å². The minimum Gasteiger partial charge on any atom is -0.504 e. The zero-order chi connectivity index (χ0) is 23.5. The molecule has 10 heteroatoms. The summed E-state index contributed by atoms with van der Waals surface area (Å²) in [5.41, 5.74) is 0.359. The van der Waals surface area contributed by atoms with Gasteiger partial charge in [0, 0.05) is 23.1 Å². The summed E-state index contributed by atoms with van der Waals surface area (Å²) in [6.45, 7) is 5.69. The van der Waals surface area contributed by atoms with Crippen LogP contribution in [0, 0.1) is 0 Å². The van der Waals surface area contributed by atoms with Crippen LogP contribution in [0.3, 0.4) is 0 Å². The number of rotatable bonds is 6. The van der Waals surface area contributed by atoms with E-state index in [2.05, 4.69) is 14.8 Å². The van der Waals surface area contributed by atoms with Crippen LogP contribution >= 0.6 is 0 Å². The smallest absolute Gasteiger partial charge is 0.285 e. The molecule has 0 fully saturated rings. The normalized spacial score (nSPS) is 14.7. The number of aromatic hydroxyl groups is 1. The van der Waals surface area contributed by atoms with Crippen LogP contribution in [0.1, 0.15) is 38.3 Å². The summed E-state index contributed by atoms with van der Waals surface area (Å²) in [7, 11) is -2.43. The van der Waals surface area contributed by atoms with Gasteiger partial charge in [-0.3, -0.25) is 4.79 Å². The number of sulfonamides is 1. The highest BCUT2D eigenvalue weighted by atomic mass is 32.2. The molecule has 170 valence electrons. The summed E-state index contributed by atoms with van der Waals surface area (Å²) < 4.78 is 34.0. The number of carbonyl (C=O) groups is 1. The zero-order valence-corrected chi connectivity index (χ0v) is 19.2. The first-order valence-corrected chi connectivity index (χ1v) is 11.4. The molecule has 0 saturated carbocycles. The lowest BCUT2D eigenvalue weighted by atomic mass is 10.1. The Kier molecular flexibility index (Phi) is 6.54. The molecule has 2 aromatic carbocycles. The number of hydrogen-bond acceptors (Lipinski definition) is 7. The Morgan fingerprint density at radius 3 is 2.62 bits per heavy atom. The Hall–Kier alpha value is -3.40. The first-order valence-electron chi connectivity index (χ1n) is 9.95. The first kappa shape index (κ1) is 23.3. The predicted molar refractivity (Wildman–Crippen MR) is 122 cm³/mol. The molecule has 0 aromatic heterocycles. The Morgan fingerprint density at radius 2 is 1.94 bits per heavy atom. The van der Waals surface area contributed by atoms with Gasteiger partial charge in [-0.05, 0) is 45.0 Å². The lowest BCUT2D eigenvalue weighted by molar-refractivity contribution is -0.122. The number of carbonyl (C=O) groups excluding carboxylic acids is 1. The van der Waals surface area contributed by atoms with Crippen molar-refractivity contribution in [3.8, 4) is 11.5 Å². The third kappa shape index (κ3) is 5.25. The van der Waals surface area contributed by atoms with Gasteiger partial charge >= 0.3 is 0 Å². The molecule has 1 aliphatic rings. The number of benzene rings is 2. The highest BCUT2D eigenvalue weighted by Gasteiger charge is 2.32. The molecular weight excluding hydrogens is 432 g/mol. The molecule has 2 aromatic rings. The summed E-state index contributed by atoms with van der Waals surface area (Å²) in [6.07, 6.45) is 1.43. The highest BCUT2D eigenvalue weighted by Crippen LogP contribution is 2.29. The zero-order valence-electron chi connectivity index (χ0n) is 18.4. The van der Waals surface area contributed by atoms with Gasteiger partial charge < -0.3 is 15.2 Å². The van der Waals surface area contributed by atoms with Gasteiger partial charge in [0.05, 0.1) is 19.9 Å². The average molecular weight is 459 g/mol. The predicted octanol–water partition coefficient (Wildman–Crippen LogP) is 2.49. The van der Waals surface area contributed by atoms with E-state index in [9.17, 15) is 18.3 Å². The number of fused-ring (bicyclic) bond motifs is 1.